The van der Waals surface area contributed by atoms with Crippen molar-refractivity contribution in [3.05, 3.63) is 59.4 Å². The molecule has 0 atom stereocenters. The fourth-order valence-electron chi connectivity index (χ4n) is 2.71. The molecule has 0 saturated carbocycles. The number of amides is 2. The Hall–Kier alpha value is -2.89. The van der Waals surface area contributed by atoms with Crippen molar-refractivity contribution in [2.45, 2.75) is 12.8 Å². The number of carbonyl (C=O) groups excluding carboxylic acids is 2. The van der Waals surface area contributed by atoms with Crippen LogP contribution in [-0.4, -0.2) is 32.0 Å². The molecule has 2 aromatic rings. The maximum atomic E-state index is 13.2. The average Bonchev–Trinajstić information content (AvgIpc) is 2.74. The number of nitrogens with one attached hydrogen (secondary N) is 1. The molecule has 2 aromatic carbocycles. The van der Waals surface area contributed by atoms with Gasteiger partial charge < -0.3 is 15.0 Å². The number of rotatable bonds is 4. The third-order valence-corrected chi connectivity index (χ3v) is 4.12. The van der Waals surface area contributed by atoms with Crippen molar-refractivity contribution < 1.29 is 18.7 Å². The van der Waals surface area contributed by atoms with E-state index < -0.39 is 5.82 Å². The Morgan fingerprint density at radius 3 is 2.92 bits per heavy atom. The Balaban J connectivity index is 1.63. The number of hydrogen-bond donors (Lipinski definition) is 1. The maximum absolute atomic E-state index is 13.2. The van der Waals surface area contributed by atoms with E-state index >= 15 is 0 Å². The van der Waals surface area contributed by atoms with Crippen LogP contribution >= 0.6 is 0 Å². The smallest absolute Gasteiger partial charge is 0.251 e. The quantitative estimate of drug-likeness (QED) is 0.929. The molecule has 1 aliphatic rings. The molecular weight excluding hydrogens is 323 g/mol. The van der Waals surface area contributed by atoms with Gasteiger partial charge in [-0.2, -0.15) is 0 Å². The highest BCUT2D eigenvalue weighted by Gasteiger charge is 2.20. The van der Waals surface area contributed by atoms with Gasteiger partial charge in [0.15, 0.2) is 0 Å². The van der Waals surface area contributed by atoms with Crippen LogP contribution in [0.2, 0.25) is 0 Å². The summed E-state index contributed by atoms with van der Waals surface area (Å²) < 4.78 is 18.7. The Bertz CT molecular complexity index is 807. The van der Waals surface area contributed by atoms with E-state index in [1.165, 1.54) is 18.2 Å². The first-order valence-corrected chi connectivity index (χ1v) is 8.10. The molecule has 25 heavy (non-hydrogen) atoms. The van der Waals surface area contributed by atoms with Gasteiger partial charge in [0.25, 0.3) is 5.91 Å². The zero-order valence-corrected chi connectivity index (χ0v) is 13.9. The number of benzene rings is 2. The van der Waals surface area contributed by atoms with E-state index in [0.29, 0.717) is 37.3 Å². The molecule has 6 heteroatoms. The van der Waals surface area contributed by atoms with E-state index in [4.69, 9.17) is 4.74 Å². The van der Waals surface area contributed by atoms with Crippen LogP contribution in [0.4, 0.5) is 10.1 Å². The van der Waals surface area contributed by atoms with Crippen LogP contribution in [-0.2, 0) is 11.2 Å². The van der Waals surface area contributed by atoms with Crippen molar-refractivity contribution in [1.82, 2.24) is 5.32 Å². The second-order valence-electron chi connectivity index (χ2n) is 5.87. The molecule has 3 rings (SSSR count). The van der Waals surface area contributed by atoms with E-state index in [2.05, 4.69) is 5.32 Å². The lowest BCUT2D eigenvalue weighted by Gasteiger charge is -2.17. The van der Waals surface area contributed by atoms with Crippen molar-refractivity contribution in [3.63, 3.8) is 0 Å². The molecule has 2 amide bonds. The minimum Gasteiger partial charge on any atom is -0.491 e. The van der Waals surface area contributed by atoms with Crippen molar-refractivity contribution in [1.29, 1.82) is 0 Å². The lowest BCUT2D eigenvalue weighted by Crippen LogP contribution is -2.26. The van der Waals surface area contributed by atoms with Crippen molar-refractivity contribution in [3.8, 4) is 5.75 Å². The van der Waals surface area contributed by atoms with E-state index in [9.17, 15) is 14.0 Å². The summed E-state index contributed by atoms with van der Waals surface area (Å²) in [6.45, 7) is 0.784. The van der Waals surface area contributed by atoms with Crippen LogP contribution in [0.1, 0.15) is 22.3 Å². The second-order valence-corrected chi connectivity index (χ2v) is 5.87. The van der Waals surface area contributed by atoms with Gasteiger partial charge in [-0.15, -0.1) is 0 Å². The highest BCUT2D eigenvalue weighted by molar-refractivity contribution is 5.95. The summed E-state index contributed by atoms with van der Waals surface area (Å²) in [6.07, 6.45) is 0.945. The molecule has 1 aliphatic heterocycles. The van der Waals surface area contributed by atoms with Gasteiger partial charge in [0.2, 0.25) is 5.91 Å². The fourth-order valence-corrected chi connectivity index (χ4v) is 2.71. The highest BCUT2D eigenvalue weighted by Crippen LogP contribution is 2.31. The number of fused-ring (bicyclic) bond motifs is 1. The summed E-state index contributed by atoms with van der Waals surface area (Å²) in [4.78, 5) is 25.5. The van der Waals surface area contributed by atoms with Crippen LogP contribution in [0, 0.1) is 5.82 Å². The predicted octanol–water partition coefficient (Wildman–Crippen LogP) is 2.54. The first kappa shape index (κ1) is 17.0. The van der Waals surface area contributed by atoms with Crippen LogP contribution in [0.5, 0.6) is 5.75 Å². The lowest BCUT2D eigenvalue weighted by atomic mass is 10.1. The molecule has 1 heterocycles. The molecule has 0 bridgehead atoms. The zero-order chi connectivity index (χ0) is 17.8. The number of ether oxygens (including phenoxy) is 1. The van der Waals surface area contributed by atoms with Crippen LogP contribution in [0.25, 0.3) is 0 Å². The van der Waals surface area contributed by atoms with Gasteiger partial charge in [0.1, 0.15) is 11.6 Å². The van der Waals surface area contributed by atoms with E-state index in [-0.39, 0.29) is 11.8 Å². The summed E-state index contributed by atoms with van der Waals surface area (Å²) >= 11 is 0. The number of nitrogens with zero attached hydrogens (tertiary/aromatic N) is 1. The monoisotopic (exact) mass is 342 g/mol. The average molecular weight is 342 g/mol. The minimum atomic E-state index is -0.439. The lowest BCUT2D eigenvalue weighted by molar-refractivity contribution is -0.118. The summed E-state index contributed by atoms with van der Waals surface area (Å²) in [6, 6.07) is 11.2. The summed E-state index contributed by atoms with van der Waals surface area (Å²) in [5, 5.41) is 2.77. The van der Waals surface area contributed by atoms with Gasteiger partial charge in [-0.25, -0.2) is 4.39 Å². The summed E-state index contributed by atoms with van der Waals surface area (Å²) in [5.41, 5.74) is 2.00. The number of hydrogen-bond acceptors (Lipinski definition) is 3. The Labute approximate surface area is 145 Å². The molecule has 0 unspecified atom stereocenters. The van der Waals surface area contributed by atoms with Gasteiger partial charge in [-0.1, -0.05) is 12.1 Å². The molecule has 0 saturated heterocycles. The molecule has 0 aliphatic carbocycles. The zero-order valence-electron chi connectivity index (χ0n) is 13.9. The third kappa shape index (κ3) is 3.96. The van der Waals surface area contributed by atoms with Gasteiger partial charge >= 0.3 is 0 Å². The topological polar surface area (TPSA) is 58.6 Å². The summed E-state index contributed by atoms with van der Waals surface area (Å²) in [7, 11) is 1.73. The van der Waals surface area contributed by atoms with Crippen LogP contribution in [0.3, 0.4) is 0 Å². The third-order valence-electron chi connectivity index (χ3n) is 4.12. The molecule has 0 spiro atoms. The molecule has 1 N–H and O–H groups in total. The van der Waals surface area contributed by atoms with Gasteiger partial charge in [0.05, 0.1) is 18.7 Å². The van der Waals surface area contributed by atoms with Crippen LogP contribution < -0.4 is 15.0 Å². The maximum Gasteiger partial charge on any atom is 0.251 e. The molecule has 0 aromatic heterocycles. The van der Waals surface area contributed by atoms with Gasteiger partial charge in [0, 0.05) is 19.2 Å². The molecule has 0 fully saturated rings. The second kappa shape index (κ2) is 7.34. The van der Waals surface area contributed by atoms with Crippen molar-refractivity contribution in [2.75, 3.05) is 25.1 Å². The largest absolute Gasteiger partial charge is 0.491 e. The number of anilines is 1. The van der Waals surface area contributed by atoms with Crippen LogP contribution in [0.15, 0.2) is 42.5 Å². The SMILES string of the molecule is CN1C(=O)CCOc2ccc(CCNC(=O)c3cccc(F)c3)cc21. The molecule has 0 radical (unpaired) electrons. The van der Waals surface area contributed by atoms with Gasteiger partial charge in [-0.3, -0.25) is 9.59 Å². The minimum absolute atomic E-state index is 0.00954. The van der Waals surface area contributed by atoms with Crippen molar-refractivity contribution >= 4 is 17.5 Å². The van der Waals surface area contributed by atoms with E-state index in [0.717, 1.165) is 11.3 Å². The Morgan fingerprint density at radius 2 is 2.12 bits per heavy atom. The van der Waals surface area contributed by atoms with E-state index in [1.54, 1.807) is 18.0 Å². The Morgan fingerprint density at radius 1 is 1.28 bits per heavy atom. The van der Waals surface area contributed by atoms with E-state index in [1.807, 2.05) is 18.2 Å². The fraction of sp³-hybridized carbons (Fsp3) is 0.263. The summed E-state index contributed by atoms with van der Waals surface area (Å²) in [5.74, 6) is -0.0628. The number of halogens is 1. The number of carbonyl (C=O) groups is 2. The molecular formula is C19H19FN2O3. The molecule has 130 valence electrons. The normalized spacial score (nSPS) is 13.7. The molecule has 5 nitrogen and oxygen atoms in total. The highest BCUT2D eigenvalue weighted by atomic mass is 19.1. The van der Waals surface area contributed by atoms with Gasteiger partial charge in [-0.05, 0) is 42.3 Å². The standard InChI is InChI=1S/C19H19FN2O3/c1-22-16-11-13(5-6-17(16)25-10-8-18(22)23)7-9-21-19(24)14-3-2-4-15(20)12-14/h2-6,11-12H,7-10H2,1H3,(H,21,24). The first-order chi connectivity index (χ1) is 12.0. The predicted molar refractivity (Wildman–Crippen MR) is 92.4 cm³/mol. The first-order valence-electron chi connectivity index (χ1n) is 8.10. The van der Waals surface area contributed by atoms with Crippen molar-refractivity contribution in [2.24, 2.45) is 0 Å². The Kier molecular flexibility index (Phi) is 4.97.